The Kier molecular flexibility index (Phi) is 2.91. The number of esters is 1. The summed E-state index contributed by atoms with van der Waals surface area (Å²) in [5.41, 5.74) is 2.16. The van der Waals surface area contributed by atoms with Crippen LogP contribution in [-0.2, 0) is 4.74 Å². The topological polar surface area (TPSA) is 59.7 Å². The Morgan fingerprint density at radius 2 is 2.05 bits per heavy atom. The summed E-state index contributed by atoms with van der Waals surface area (Å²) in [6.07, 6.45) is 3.19. The zero-order valence-corrected chi connectivity index (χ0v) is 10.8. The van der Waals surface area contributed by atoms with Crippen molar-refractivity contribution in [1.29, 1.82) is 0 Å². The van der Waals surface area contributed by atoms with Gasteiger partial charge in [-0.15, -0.1) is 0 Å². The van der Waals surface area contributed by atoms with Crippen molar-refractivity contribution in [2.24, 2.45) is 0 Å². The predicted octanol–water partition coefficient (Wildman–Crippen LogP) is 3.59. The first-order chi connectivity index (χ1) is 9.69. The SMILES string of the molecule is COC(=O)c1cc(-c2ccoc2)c2ccc(O)cc2c1. The van der Waals surface area contributed by atoms with E-state index < -0.39 is 5.97 Å². The number of hydrogen-bond donors (Lipinski definition) is 1. The van der Waals surface area contributed by atoms with Crippen LogP contribution in [-0.4, -0.2) is 18.2 Å². The standard InChI is InChI=1S/C16H12O4/c1-19-16(18)12-6-11-7-13(17)2-3-14(11)15(8-12)10-4-5-20-9-10/h2-9,17H,1H3. The van der Waals surface area contributed by atoms with Crippen molar-refractivity contribution in [3.8, 4) is 16.9 Å². The molecule has 3 aromatic rings. The number of carbonyl (C=O) groups is 1. The average molecular weight is 268 g/mol. The summed E-state index contributed by atoms with van der Waals surface area (Å²) in [4.78, 5) is 11.8. The van der Waals surface area contributed by atoms with Gasteiger partial charge in [-0.1, -0.05) is 6.07 Å². The Labute approximate surface area is 115 Å². The monoisotopic (exact) mass is 268 g/mol. The number of furan rings is 1. The number of carbonyl (C=O) groups excluding carboxylic acids is 1. The number of ether oxygens (including phenoxy) is 1. The highest BCUT2D eigenvalue weighted by atomic mass is 16.5. The Bertz CT molecular complexity index is 773. The van der Waals surface area contributed by atoms with Crippen LogP contribution in [0.2, 0.25) is 0 Å². The second kappa shape index (κ2) is 4.74. The summed E-state index contributed by atoms with van der Waals surface area (Å²) in [6, 6.07) is 10.3. The number of aromatic hydroxyl groups is 1. The number of fused-ring (bicyclic) bond motifs is 1. The lowest BCUT2D eigenvalue weighted by atomic mass is 9.97. The number of benzene rings is 2. The summed E-state index contributed by atoms with van der Waals surface area (Å²) < 4.78 is 9.87. The quantitative estimate of drug-likeness (QED) is 0.721. The first-order valence-electron chi connectivity index (χ1n) is 6.06. The third-order valence-corrected chi connectivity index (χ3v) is 3.19. The lowest BCUT2D eigenvalue weighted by Gasteiger charge is -2.08. The van der Waals surface area contributed by atoms with Crippen LogP contribution in [0.5, 0.6) is 5.75 Å². The van der Waals surface area contributed by atoms with Crippen LogP contribution < -0.4 is 0 Å². The molecule has 0 fully saturated rings. The number of rotatable bonds is 2. The molecule has 1 aromatic heterocycles. The van der Waals surface area contributed by atoms with Gasteiger partial charge in [0.05, 0.1) is 25.2 Å². The third-order valence-electron chi connectivity index (χ3n) is 3.19. The van der Waals surface area contributed by atoms with E-state index in [4.69, 9.17) is 9.15 Å². The van der Waals surface area contributed by atoms with Gasteiger partial charge in [0, 0.05) is 5.56 Å². The minimum atomic E-state index is -0.417. The fourth-order valence-corrected chi connectivity index (χ4v) is 2.25. The molecule has 0 saturated heterocycles. The smallest absolute Gasteiger partial charge is 0.337 e. The van der Waals surface area contributed by atoms with Crippen LogP contribution in [0.1, 0.15) is 10.4 Å². The second-order valence-electron chi connectivity index (χ2n) is 4.43. The molecule has 20 heavy (non-hydrogen) atoms. The maximum atomic E-state index is 11.8. The summed E-state index contributed by atoms with van der Waals surface area (Å²) in [5.74, 6) is -0.266. The molecule has 0 aliphatic heterocycles. The molecule has 0 unspecified atom stereocenters. The molecule has 4 heteroatoms. The van der Waals surface area contributed by atoms with Crippen molar-refractivity contribution in [3.05, 3.63) is 54.5 Å². The van der Waals surface area contributed by atoms with Gasteiger partial charge in [-0.3, -0.25) is 0 Å². The molecule has 0 spiro atoms. The van der Waals surface area contributed by atoms with Crippen LogP contribution in [0, 0.1) is 0 Å². The Morgan fingerprint density at radius 1 is 1.20 bits per heavy atom. The van der Waals surface area contributed by atoms with Crippen molar-refractivity contribution in [2.75, 3.05) is 7.11 Å². The normalized spacial score (nSPS) is 10.7. The molecule has 100 valence electrons. The van der Waals surface area contributed by atoms with Crippen LogP contribution in [0.4, 0.5) is 0 Å². The van der Waals surface area contributed by atoms with Crippen LogP contribution in [0.25, 0.3) is 21.9 Å². The molecule has 0 aliphatic carbocycles. The van der Waals surface area contributed by atoms with E-state index in [1.165, 1.54) is 7.11 Å². The molecular weight excluding hydrogens is 256 g/mol. The largest absolute Gasteiger partial charge is 0.508 e. The zero-order chi connectivity index (χ0) is 14.1. The molecular formula is C16H12O4. The zero-order valence-electron chi connectivity index (χ0n) is 10.8. The summed E-state index contributed by atoms with van der Waals surface area (Å²) in [5, 5.41) is 11.3. The first kappa shape index (κ1) is 12.3. The summed E-state index contributed by atoms with van der Waals surface area (Å²) in [6.45, 7) is 0. The van der Waals surface area contributed by atoms with E-state index >= 15 is 0 Å². The second-order valence-corrected chi connectivity index (χ2v) is 4.43. The molecule has 0 radical (unpaired) electrons. The number of phenolic OH excluding ortho intramolecular Hbond substituents is 1. The maximum absolute atomic E-state index is 11.8. The molecule has 4 nitrogen and oxygen atoms in total. The predicted molar refractivity (Wildman–Crippen MR) is 74.7 cm³/mol. The molecule has 2 aromatic carbocycles. The molecule has 1 heterocycles. The average Bonchev–Trinajstić information content (AvgIpc) is 2.98. The highest BCUT2D eigenvalue weighted by Gasteiger charge is 2.13. The number of hydrogen-bond acceptors (Lipinski definition) is 4. The van der Waals surface area contributed by atoms with Crippen LogP contribution in [0.15, 0.2) is 53.3 Å². The Morgan fingerprint density at radius 3 is 2.75 bits per heavy atom. The number of methoxy groups -OCH3 is 1. The molecule has 0 atom stereocenters. The Balaban J connectivity index is 2.33. The van der Waals surface area contributed by atoms with Gasteiger partial charge >= 0.3 is 5.97 Å². The third kappa shape index (κ3) is 2.01. The van der Waals surface area contributed by atoms with E-state index in [0.717, 1.165) is 21.9 Å². The highest BCUT2D eigenvalue weighted by molar-refractivity contribution is 6.03. The fourth-order valence-electron chi connectivity index (χ4n) is 2.25. The Hall–Kier alpha value is -2.75. The molecule has 3 rings (SSSR count). The van der Waals surface area contributed by atoms with Gasteiger partial charge in [0.25, 0.3) is 0 Å². The van der Waals surface area contributed by atoms with Crippen molar-refractivity contribution < 1.29 is 19.1 Å². The van der Waals surface area contributed by atoms with Crippen molar-refractivity contribution in [2.45, 2.75) is 0 Å². The minimum Gasteiger partial charge on any atom is -0.508 e. The first-order valence-corrected chi connectivity index (χ1v) is 6.06. The highest BCUT2D eigenvalue weighted by Crippen LogP contribution is 2.32. The van der Waals surface area contributed by atoms with Crippen molar-refractivity contribution in [1.82, 2.24) is 0 Å². The van der Waals surface area contributed by atoms with Crippen LogP contribution >= 0.6 is 0 Å². The summed E-state index contributed by atoms with van der Waals surface area (Å²) in [7, 11) is 1.34. The molecule has 1 N–H and O–H groups in total. The van der Waals surface area contributed by atoms with Gasteiger partial charge in [-0.25, -0.2) is 4.79 Å². The molecule has 0 saturated carbocycles. The lowest BCUT2D eigenvalue weighted by Crippen LogP contribution is -2.01. The molecule has 0 aliphatic rings. The van der Waals surface area contributed by atoms with Gasteiger partial charge in [0.1, 0.15) is 5.75 Å². The van der Waals surface area contributed by atoms with Gasteiger partial charge in [0.15, 0.2) is 0 Å². The van der Waals surface area contributed by atoms with E-state index in [0.29, 0.717) is 5.56 Å². The van der Waals surface area contributed by atoms with Crippen molar-refractivity contribution >= 4 is 16.7 Å². The van der Waals surface area contributed by atoms with E-state index in [-0.39, 0.29) is 5.75 Å². The molecule has 0 amide bonds. The van der Waals surface area contributed by atoms with E-state index in [1.54, 1.807) is 36.8 Å². The minimum absolute atomic E-state index is 0.151. The van der Waals surface area contributed by atoms with E-state index in [1.807, 2.05) is 12.1 Å². The van der Waals surface area contributed by atoms with E-state index in [9.17, 15) is 9.90 Å². The van der Waals surface area contributed by atoms with Gasteiger partial charge < -0.3 is 14.3 Å². The van der Waals surface area contributed by atoms with E-state index in [2.05, 4.69) is 0 Å². The van der Waals surface area contributed by atoms with Gasteiger partial charge in [-0.2, -0.15) is 0 Å². The lowest BCUT2D eigenvalue weighted by molar-refractivity contribution is 0.0601. The van der Waals surface area contributed by atoms with Crippen molar-refractivity contribution in [3.63, 3.8) is 0 Å². The van der Waals surface area contributed by atoms with Gasteiger partial charge in [0.2, 0.25) is 0 Å². The van der Waals surface area contributed by atoms with Gasteiger partial charge in [-0.05, 0) is 46.7 Å². The maximum Gasteiger partial charge on any atom is 0.337 e. The fraction of sp³-hybridized carbons (Fsp3) is 0.0625. The molecule has 0 bridgehead atoms. The number of phenols is 1. The van der Waals surface area contributed by atoms with Crippen LogP contribution in [0.3, 0.4) is 0 Å². The summed E-state index contributed by atoms with van der Waals surface area (Å²) >= 11 is 0.